The highest BCUT2D eigenvalue weighted by Crippen LogP contribution is 2.46. The normalized spacial score (nSPS) is 15.3. The molecule has 4 aromatic rings. The highest BCUT2D eigenvalue weighted by Gasteiger charge is 2.26. The van der Waals surface area contributed by atoms with Crippen molar-refractivity contribution in [3.05, 3.63) is 82.2 Å². The molecule has 6 nitrogen and oxygen atoms in total. The molecular formula is C29H31N2O4S2+. The fourth-order valence-electron chi connectivity index (χ4n) is 4.72. The molecule has 0 atom stereocenters. The molecule has 0 bridgehead atoms. The van der Waals surface area contributed by atoms with E-state index in [0.29, 0.717) is 12.4 Å². The van der Waals surface area contributed by atoms with Crippen molar-refractivity contribution in [2.24, 2.45) is 0 Å². The fraction of sp³-hybridized carbons (Fsp3) is 0.276. The van der Waals surface area contributed by atoms with Crippen LogP contribution in [0.25, 0.3) is 27.9 Å². The molecule has 0 saturated carbocycles. The van der Waals surface area contributed by atoms with Gasteiger partial charge in [0, 0.05) is 18.4 Å². The second-order valence-corrected chi connectivity index (χ2v) is 12.1. The molecule has 0 spiro atoms. The van der Waals surface area contributed by atoms with E-state index in [2.05, 4.69) is 57.0 Å². The summed E-state index contributed by atoms with van der Waals surface area (Å²) < 4.78 is 40.5. The van der Waals surface area contributed by atoms with E-state index in [1.807, 2.05) is 41.0 Å². The van der Waals surface area contributed by atoms with Crippen molar-refractivity contribution >= 4 is 55.5 Å². The van der Waals surface area contributed by atoms with E-state index in [0.717, 1.165) is 38.9 Å². The number of thioether (sulfide) groups is 1. The molecule has 0 amide bonds. The van der Waals surface area contributed by atoms with Gasteiger partial charge in [0.2, 0.25) is 5.58 Å². The average molecular weight is 536 g/mol. The van der Waals surface area contributed by atoms with E-state index in [1.165, 1.54) is 21.7 Å². The van der Waals surface area contributed by atoms with Gasteiger partial charge in [-0.2, -0.15) is 13.0 Å². The number of aryl methyl sites for hydroxylation is 3. The molecule has 1 N–H and O–H groups in total. The van der Waals surface area contributed by atoms with Crippen molar-refractivity contribution in [1.29, 1.82) is 0 Å². The minimum atomic E-state index is -4.05. The Hall–Kier alpha value is -3.07. The van der Waals surface area contributed by atoms with Gasteiger partial charge >= 0.3 is 5.89 Å². The summed E-state index contributed by atoms with van der Waals surface area (Å²) in [7, 11) is -1.95. The lowest BCUT2D eigenvalue weighted by Crippen LogP contribution is -2.36. The number of hydrogen-bond acceptors (Lipinski definition) is 5. The predicted octanol–water partition coefficient (Wildman–Crippen LogP) is 6.65. The van der Waals surface area contributed by atoms with Crippen LogP contribution in [0.15, 0.2) is 74.5 Å². The lowest BCUT2D eigenvalue weighted by Gasteiger charge is -2.14. The van der Waals surface area contributed by atoms with Gasteiger partial charge in [0.15, 0.2) is 6.54 Å². The number of fused-ring (bicyclic) bond motifs is 4. The molecule has 8 heteroatoms. The molecule has 37 heavy (non-hydrogen) atoms. The Bertz CT molecular complexity index is 1680. The number of rotatable bonds is 7. The number of benzene rings is 3. The minimum Gasteiger partial charge on any atom is -0.398 e. The Morgan fingerprint density at radius 2 is 1.89 bits per heavy atom. The van der Waals surface area contributed by atoms with Crippen LogP contribution in [0.5, 0.6) is 0 Å². The Labute approximate surface area is 222 Å². The quantitative estimate of drug-likeness (QED) is 0.211. The summed E-state index contributed by atoms with van der Waals surface area (Å²) >= 11 is 1.76. The van der Waals surface area contributed by atoms with Crippen molar-refractivity contribution in [1.82, 2.24) is 0 Å². The van der Waals surface area contributed by atoms with Gasteiger partial charge < -0.3 is 9.32 Å². The third kappa shape index (κ3) is 5.19. The zero-order chi connectivity index (χ0) is 26.3. The fourth-order valence-corrected chi connectivity index (χ4v) is 6.42. The third-order valence-electron chi connectivity index (χ3n) is 6.91. The van der Waals surface area contributed by atoms with Crippen LogP contribution in [0.2, 0.25) is 0 Å². The Balaban J connectivity index is 1.58. The van der Waals surface area contributed by atoms with E-state index in [9.17, 15) is 13.0 Å². The standard InChI is InChI=1S/C29H30N2O4S2/c1-5-21(18-28-30(4)24-15-19(2)20(3)16-26(24)36-28)17-27-31(13-8-14-37(32,33)34)29-23-10-7-6-9-22(23)11-12-25(29)35-27/h6-7,9-12,15-18H,5,8,13-14H2,1-4H3/p+1. The molecule has 0 fully saturated rings. The van der Waals surface area contributed by atoms with Gasteiger partial charge in [-0.15, -0.1) is 0 Å². The summed E-state index contributed by atoms with van der Waals surface area (Å²) in [4.78, 5) is 3.48. The van der Waals surface area contributed by atoms with E-state index in [4.69, 9.17) is 4.42 Å². The third-order valence-corrected chi connectivity index (χ3v) is 8.86. The van der Waals surface area contributed by atoms with Gasteiger partial charge in [0.05, 0.1) is 27.9 Å². The molecular weight excluding hydrogens is 504 g/mol. The summed E-state index contributed by atoms with van der Waals surface area (Å²) in [5, 5.41) is 3.27. The maximum atomic E-state index is 11.4. The van der Waals surface area contributed by atoms with Crippen LogP contribution in [-0.2, 0) is 16.7 Å². The molecule has 1 aliphatic heterocycles. The monoisotopic (exact) mass is 535 g/mol. The van der Waals surface area contributed by atoms with Crippen LogP contribution in [-0.4, -0.2) is 25.8 Å². The second-order valence-electron chi connectivity index (χ2n) is 9.49. The lowest BCUT2D eigenvalue weighted by atomic mass is 10.1. The highest BCUT2D eigenvalue weighted by molar-refractivity contribution is 8.03. The van der Waals surface area contributed by atoms with Crippen molar-refractivity contribution in [2.75, 3.05) is 17.7 Å². The molecule has 2 heterocycles. The Kier molecular flexibility index (Phi) is 6.91. The zero-order valence-corrected chi connectivity index (χ0v) is 23.1. The summed E-state index contributed by atoms with van der Waals surface area (Å²) in [6.45, 7) is 6.80. The molecule has 0 saturated heterocycles. The van der Waals surface area contributed by atoms with Crippen LogP contribution >= 0.6 is 11.8 Å². The highest BCUT2D eigenvalue weighted by atomic mass is 32.2. The molecule has 0 radical (unpaired) electrons. The average Bonchev–Trinajstić information content (AvgIpc) is 3.35. The van der Waals surface area contributed by atoms with Crippen LogP contribution in [0.3, 0.4) is 0 Å². The largest absolute Gasteiger partial charge is 0.398 e. The summed E-state index contributed by atoms with van der Waals surface area (Å²) in [5.74, 6) is 0.356. The Morgan fingerprint density at radius 3 is 2.65 bits per heavy atom. The first-order valence-electron chi connectivity index (χ1n) is 12.4. The number of aromatic nitrogens is 1. The first kappa shape index (κ1) is 25.6. The summed E-state index contributed by atoms with van der Waals surface area (Å²) in [6.07, 6.45) is 5.32. The van der Waals surface area contributed by atoms with Crippen LogP contribution in [0.1, 0.15) is 36.8 Å². The van der Waals surface area contributed by atoms with Crippen LogP contribution in [0, 0.1) is 13.8 Å². The van der Waals surface area contributed by atoms with Crippen molar-refractivity contribution < 1.29 is 22.0 Å². The van der Waals surface area contributed by atoms with Crippen LogP contribution in [0.4, 0.5) is 5.69 Å². The Morgan fingerprint density at radius 1 is 1.14 bits per heavy atom. The number of anilines is 1. The predicted molar refractivity (Wildman–Crippen MR) is 151 cm³/mol. The van der Waals surface area contributed by atoms with Crippen molar-refractivity contribution in [2.45, 2.75) is 45.1 Å². The van der Waals surface area contributed by atoms with Crippen LogP contribution < -0.4 is 9.47 Å². The molecule has 1 aromatic heterocycles. The molecule has 0 aliphatic carbocycles. The first-order valence-corrected chi connectivity index (χ1v) is 14.8. The van der Waals surface area contributed by atoms with E-state index >= 15 is 0 Å². The van der Waals surface area contributed by atoms with Gasteiger partial charge in [-0.1, -0.05) is 43.0 Å². The smallest absolute Gasteiger partial charge is 0.374 e. The maximum Gasteiger partial charge on any atom is 0.374 e. The topological polar surface area (TPSA) is 74.6 Å². The summed E-state index contributed by atoms with van der Waals surface area (Å²) in [5.41, 5.74) is 6.54. The minimum absolute atomic E-state index is 0.275. The molecule has 0 unspecified atom stereocenters. The van der Waals surface area contributed by atoms with Gasteiger partial charge in [0.1, 0.15) is 0 Å². The van der Waals surface area contributed by atoms with Gasteiger partial charge in [0.25, 0.3) is 15.6 Å². The zero-order valence-electron chi connectivity index (χ0n) is 21.5. The van der Waals surface area contributed by atoms with Crippen molar-refractivity contribution in [3.63, 3.8) is 0 Å². The number of allylic oxidation sites excluding steroid dienone is 2. The van der Waals surface area contributed by atoms with E-state index in [-0.39, 0.29) is 12.2 Å². The first-order chi connectivity index (χ1) is 17.6. The van der Waals surface area contributed by atoms with Gasteiger partial charge in [-0.25, -0.2) is 0 Å². The number of oxazole rings is 1. The molecule has 5 rings (SSSR count). The maximum absolute atomic E-state index is 11.4. The van der Waals surface area contributed by atoms with Gasteiger partial charge in [-0.3, -0.25) is 4.55 Å². The van der Waals surface area contributed by atoms with E-state index in [1.54, 1.807) is 11.8 Å². The van der Waals surface area contributed by atoms with Crippen molar-refractivity contribution in [3.8, 4) is 0 Å². The lowest BCUT2D eigenvalue weighted by molar-refractivity contribution is -0.677. The molecule has 3 aromatic carbocycles. The number of hydrogen-bond donors (Lipinski definition) is 1. The summed E-state index contributed by atoms with van der Waals surface area (Å²) in [6, 6.07) is 16.6. The van der Waals surface area contributed by atoms with Gasteiger partial charge in [-0.05, 0) is 72.7 Å². The van der Waals surface area contributed by atoms with E-state index < -0.39 is 10.1 Å². The molecule has 1 aliphatic rings. The molecule has 192 valence electrons. The second kappa shape index (κ2) is 10.0. The number of nitrogens with zero attached hydrogens (tertiary/aromatic N) is 2. The SMILES string of the molecule is CCC(=Cc1oc2ccc3ccccc3c2[n+]1CCCS(=O)(=O)O)C=C1Sc2cc(C)c(C)cc2N1C.